The number of amides is 1. The van der Waals surface area contributed by atoms with Crippen LogP contribution in [0.1, 0.15) is 10.4 Å². The first kappa shape index (κ1) is 11.2. The van der Waals surface area contributed by atoms with Crippen LogP contribution >= 0.6 is 15.9 Å². The van der Waals surface area contributed by atoms with Gasteiger partial charge in [0.25, 0.3) is 18.1 Å². The van der Waals surface area contributed by atoms with Crippen LogP contribution < -0.4 is 4.90 Å². The van der Waals surface area contributed by atoms with Crippen molar-refractivity contribution in [1.82, 2.24) is 0 Å². The maximum atomic E-state index is 12.3. The summed E-state index contributed by atoms with van der Waals surface area (Å²) in [5.74, 6) is -1.63. The van der Waals surface area contributed by atoms with E-state index in [1.165, 1.54) is 12.1 Å². The molecule has 0 spiro atoms. The Morgan fingerprint density at radius 1 is 1.31 bits per heavy atom. The Morgan fingerprint density at radius 2 is 2.00 bits per heavy atom. The number of hydrogen-bond acceptors (Lipinski definition) is 2. The zero-order chi connectivity index (χ0) is 11.9. The first-order chi connectivity index (χ1) is 7.50. The third-order valence-corrected chi connectivity index (χ3v) is 2.75. The van der Waals surface area contributed by atoms with Crippen molar-refractivity contribution in [2.75, 3.05) is 11.4 Å². The number of fused-ring (bicyclic) bond motifs is 1. The molecule has 2 rings (SSSR count). The molecule has 16 heavy (non-hydrogen) atoms. The lowest BCUT2D eigenvalue weighted by atomic mass is 10.1. The Morgan fingerprint density at radius 3 is 2.62 bits per heavy atom. The summed E-state index contributed by atoms with van der Waals surface area (Å²) in [5, 5.41) is 0. The summed E-state index contributed by atoms with van der Waals surface area (Å²) in [5.41, 5.74) is 0.415. The van der Waals surface area contributed by atoms with E-state index in [1.54, 1.807) is 6.07 Å². The first-order valence-corrected chi connectivity index (χ1v) is 5.24. The average Bonchev–Trinajstić information content (AvgIpc) is 2.43. The lowest BCUT2D eigenvalue weighted by molar-refractivity contribution is -0.114. The molecular weight excluding hydrogens is 284 g/mol. The van der Waals surface area contributed by atoms with Crippen molar-refractivity contribution in [3.8, 4) is 0 Å². The maximum absolute atomic E-state index is 12.3. The Hall–Kier alpha value is -1.30. The molecule has 0 radical (unpaired) electrons. The van der Waals surface area contributed by atoms with Crippen LogP contribution in [0.3, 0.4) is 0 Å². The predicted molar refractivity (Wildman–Crippen MR) is 56.8 cm³/mol. The van der Waals surface area contributed by atoms with Gasteiger partial charge in [0.1, 0.15) is 0 Å². The fourth-order valence-electron chi connectivity index (χ4n) is 1.59. The first-order valence-electron chi connectivity index (χ1n) is 4.44. The van der Waals surface area contributed by atoms with Crippen molar-refractivity contribution in [1.29, 1.82) is 0 Å². The van der Waals surface area contributed by atoms with Gasteiger partial charge in [-0.2, -0.15) is 0 Å². The highest BCUT2D eigenvalue weighted by Gasteiger charge is 2.36. The number of nitrogens with zero attached hydrogens (tertiary/aromatic N) is 1. The minimum atomic E-state index is -2.67. The second-order valence-electron chi connectivity index (χ2n) is 3.30. The van der Waals surface area contributed by atoms with E-state index in [0.29, 0.717) is 4.47 Å². The van der Waals surface area contributed by atoms with Crippen LogP contribution in [0.15, 0.2) is 22.7 Å². The van der Waals surface area contributed by atoms with Crippen LogP contribution in [0, 0.1) is 0 Å². The van der Waals surface area contributed by atoms with Crippen LogP contribution in [0.2, 0.25) is 0 Å². The summed E-state index contributed by atoms with van der Waals surface area (Å²) < 4.78 is 25.2. The molecule has 1 aromatic rings. The Bertz CT molecular complexity index is 476. The molecule has 0 fully saturated rings. The van der Waals surface area contributed by atoms with Crippen molar-refractivity contribution >= 4 is 33.3 Å². The highest BCUT2D eigenvalue weighted by molar-refractivity contribution is 9.10. The van der Waals surface area contributed by atoms with Crippen molar-refractivity contribution in [2.24, 2.45) is 0 Å². The quantitative estimate of drug-likeness (QED) is 0.783. The normalized spacial score (nSPS) is 14.9. The summed E-state index contributed by atoms with van der Waals surface area (Å²) in [6, 6.07) is 4.53. The number of Topliss-reactive ketones (excluding diaryl/α,β-unsaturated/α-hetero) is 1. The van der Waals surface area contributed by atoms with Crippen LogP contribution in [-0.2, 0) is 4.79 Å². The number of benzene rings is 1. The standard InChI is InChI=1S/C10H6BrF2NO2/c11-5-1-2-6-7(3-5)14(4-8(12)13)10(16)9(6)15/h1-3,8H,4H2. The molecule has 0 atom stereocenters. The van der Waals surface area contributed by atoms with E-state index < -0.39 is 24.7 Å². The van der Waals surface area contributed by atoms with Crippen molar-refractivity contribution in [3.63, 3.8) is 0 Å². The molecule has 0 aromatic heterocycles. The zero-order valence-electron chi connectivity index (χ0n) is 7.91. The smallest absolute Gasteiger partial charge is 0.299 e. The van der Waals surface area contributed by atoms with Gasteiger partial charge in [-0.1, -0.05) is 15.9 Å². The van der Waals surface area contributed by atoms with Crippen LogP contribution in [-0.4, -0.2) is 24.7 Å². The van der Waals surface area contributed by atoms with E-state index in [2.05, 4.69) is 15.9 Å². The topological polar surface area (TPSA) is 37.4 Å². The van der Waals surface area contributed by atoms with E-state index in [0.717, 1.165) is 4.90 Å². The molecule has 84 valence electrons. The molecule has 0 saturated carbocycles. The molecule has 0 saturated heterocycles. The molecule has 0 N–H and O–H groups in total. The fraction of sp³-hybridized carbons (Fsp3) is 0.200. The number of anilines is 1. The fourth-order valence-corrected chi connectivity index (χ4v) is 1.94. The van der Waals surface area contributed by atoms with E-state index in [1.807, 2.05) is 0 Å². The molecule has 0 bridgehead atoms. The monoisotopic (exact) mass is 289 g/mol. The molecule has 1 amide bonds. The van der Waals surface area contributed by atoms with E-state index in [4.69, 9.17) is 0 Å². The minimum Gasteiger partial charge on any atom is -0.299 e. The Kier molecular flexibility index (Phi) is 2.75. The molecule has 1 aliphatic rings. The molecule has 3 nitrogen and oxygen atoms in total. The lowest BCUT2D eigenvalue weighted by Crippen LogP contribution is -2.33. The van der Waals surface area contributed by atoms with Crippen molar-refractivity contribution in [2.45, 2.75) is 6.43 Å². The average molecular weight is 290 g/mol. The van der Waals surface area contributed by atoms with Gasteiger partial charge in [-0.3, -0.25) is 14.5 Å². The molecular formula is C10H6BrF2NO2. The second kappa shape index (κ2) is 3.93. The molecule has 1 aliphatic heterocycles. The molecule has 0 aliphatic carbocycles. The summed E-state index contributed by atoms with van der Waals surface area (Å²) >= 11 is 3.16. The number of alkyl halides is 2. The predicted octanol–water partition coefficient (Wildman–Crippen LogP) is 2.24. The maximum Gasteiger partial charge on any atom is 0.299 e. The number of hydrogen-bond donors (Lipinski definition) is 0. The second-order valence-corrected chi connectivity index (χ2v) is 4.21. The van der Waals surface area contributed by atoms with E-state index >= 15 is 0 Å². The van der Waals surface area contributed by atoms with Gasteiger partial charge in [-0.25, -0.2) is 8.78 Å². The Labute approximate surface area is 98.2 Å². The highest BCUT2D eigenvalue weighted by atomic mass is 79.9. The van der Waals surface area contributed by atoms with Gasteiger partial charge in [0.15, 0.2) is 0 Å². The largest absolute Gasteiger partial charge is 0.299 e. The number of carbonyl (C=O) groups is 2. The minimum absolute atomic E-state index is 0.175. The van der Waals surface area contributed by atoms with Gasteiger partial charge in [0.2, 0.25) is 0 Å². The highest BCUT2D eigenvalue weighted by Crippen LogP contribution is 2.31. The molecule has 1 aromatic carbocycles. The van der Waals surface area contributed by atoms with Gasteiger partial charge < -0.3 is 0 Å². The van der Waals surface area contributed by atoms with Crippen LogP contribution in [0.4, 0.5) is 14.5 Å². The summed E-state index contributed by atoms with van der Waals surface area (Å²) in [6.45, 7) is -0.756. The third kappa shape index (κ3) is 1.73. The lowest BCUT2D eigenvalue weighted by Gasteiger charge is -2.15. The third-order valence-electron chi connectivity index (χ3n) is 2.26. The van der Waals surface area contributed by atoms with Gasteiger partial charge in [0, 0.05) is 4.47 Å². The van der Waals surface area contributed by atoms with Crippen LogP contribution in [0.25, 0.3) is 0 Å². The number of carbonyl (C=O) groups excluding carboxylic acids is 2. The number of halogens is 3. The molecule has 0 unspecified atom stereocenters. The molecule has 1 heterocycles. The van der Waals surface area contributed by atoms with Crippen molar-refractivity contribution in [3.05, 3.63) is 28.2 Å². The van der Waals surface area contributed by atoms with E-state index in [9.17, 15) is 18.4 Å². The van der Waals surface area contributed by atoms with Gasteiger partial charge in [-0.15, -0.1) is 0 Å². The van der Waals surface area contributed by atoms with Crippen LogP contribution in [0.5, 0.6) is 0 Å². The SMILES string of the molecule is O=C1C(=O)N(CC(F)F)c2cc(Br)ccc21. The number of ketones is 1. The summed E-state index contributed by atoms with van der Waals surface area (Å²) in [7, 11) is 0. The van der Waals surface area contributed by atoms with Gasteiger partial charge in [-0.05, 0) is 18.2 Å². The van der Waals surface area contributed by atoms with Gasteiger partial charge in [0.05, 0.1) is 17.8 Å². The zero-order valence-corrected chi connectivity index (χ0v) is 9.50. The van der Waals surface area contributed by atoms with Crippen molar-refractivity contribution < 1.29 is 18.4 Å². The van der Waals surface area contributed by atoms with E-state index in [-0.39, 0.29) is 11.3 Å². The molecule has 6 heteroatoms. The summed E-state index contributed by atoms with van der Waals surface area (Å²) in [6.07, 6.45) is -2.67. The van der Waals surface area contributed by atoms with Gasteiger partial charge >= 0.3 is 0 Å². The summed E-state index contributed by atoms with van der Waals surface area (Å²) in [4.78, 5) is 23.7. The number of rotatable bonds is 2. The Balaban J connectivity index is 2.47.